The normalized spacial score (nSPS) is 11.1. The Balaban J connectivity index is 2.07. The molecule has 0 atom stereocenters. The Morgan fingerprint density at radius 3 is 2.50 bits per heavy atom. The SMILES string of the molecule is Cc1nn(C)c(C)c1Oc1cnc(CNC(C)C)cn1. The number of aromatic nitrogens is 4. The first-order valence-electron chi connectivity index (χ1n) is 6.69. The zero-order valence-corrected chi connectivity index (χ0v) is 12.6. The lowest BCUT2D eigenvalue weighted by molar-refractivity contribution is 0.451. The number of hydrogen-bond acceptors (Lipinski definition) is 5. The Morgan fingerprint density at radius 2 is 2.00 bits per heavy atom. The van der Waals surface area contributed by atoms with Gasteiger partial charge in [0.25, 0.3) is 0 Å². The van der Waals surface area contributed by atoms with Crippen LogP contribution in [0.2, 0.25) is 0 Å². The largest absolute Gasteiger partial charge is 0.434 e. The smallest absolute Gasteiger partial charge is 0.238 e. The summed E-state index contributed by atoms with van der Waals surface area (Å²) in [5.41, 5.74) is 2.71. The van der Waals surface area contributed by atoms with Gasteiger partial charge in [-0.05, 0) is 13.8 Å². The lowest BCUT2D eigenvalue weighted by atomic mass is 10.3. The summed E-state index contributed by atoms with van der Waals surface area (Å²) in [6.07, 6.45) is 3.37. The molecular formula is C14H21N5O. The number of rotatable bonds is 5. The minimum absolute atomic E-state index is 0.424. The Labute approximate surface area is 119 Å². The second-order valence-electron chi connectivity index (χ2n) is 5.11. The highest BCUT2D eigenvalue weighted by Gasteiger charge is 2.12. The maximum absolute atomic E-state index is 5.76. The molecule has 0 radical (unpaired) electrons. The van der Waals surface area contributed by atoms with Crippen LogP contribution in [0.4, 0.5) is 0 Å². The molecule has 1 N–H and O–H groups in total. The molecule has 6 nitrogen and oxygen atoms in total. The van der Waals surface area contributed by atoms with Crippen molar-refractivity contribution in [1.82, 2.24) is 25.1 Å². The lowest BCUT2D eigenvalue weighted by Crippen LogP contribution is -2.22. The summed E-state index contributed by atoms with van der Waals surface area (Å²) in [7, 11) is 1.89. The van der Waals surface area contributed by atoms with E-state index in [1.807, 2.05) is 20.9 Å². The summed E-state index contributed by atoms with van der Waals surface area (Å²) in [4.78, 5) is 8.62. The molecule has 20 heavy (non-hydrogen) atoms. The summed E-state index contributed by atoms with van der Waals surface area (Å²) in [5.74, 6) is 1.23. The Morgan fingerprint density at radius 1 is 1.25 bits per heavy atom. The quantitative estimate of drug-likeness (QED) is 0.905. The number of nitrogens with zero attached hydrogens (tertiary/aromatic N) is 4. The van der Waals surface area contributed by atoms with Crippen LogP contribution in [0, 0.1) is 13.8 Å². The summed E-state index contributed by atoms with van der Waals surface area (Å²) >= 11 is 0. The van der Waals surface area contributed by atoms with E-state index in [1.165, 1.54) is 0 Å². The monoisotopic (exact) mass is 275 g/mol. The van der Waals surface area contributed by atoms with Gasteiger partial charge in [-0.15, -0.1) is 0 Å². The van der Waals surface area contributed by atoms with E-state index < -0.39 is 0 Å². The van der Waals surface area contributed by atoms with Crippen molar-refractivity contribution in [2.75, 3.05) is 0 Å². The van der Waals surface area contributed by atoms with E-state index in [9.17, 15) is 0 Å². The summed E-state index contributed by atoms with van der Waals surface area (Å²) in [6, 6.07) is 0.424. The van der Waals surface area contributed by atoms with E-state index >= 15 is 0 Å². The number of hydrogen-bond donors (Lipinski definition) is 1. The van der Waals surface area contributed by atoms with E-state index in [-0.39, 0.29) is 0 Å². The minimum Gasteiger partial charge on any atom is -0.434 e. The molecule has 0 aliphatic carbocycles. The van der Waals surface area contributed by atoms with Gasteiger partial charge in [0, 0.05) is 19.6 Å². The van der Waals surface area contributed by atoms with Gasteiger partial charge < -0.3 is 10.1 Å². The predicted octanol–water partition coefficient (Wildman–Crippen LogP) is 2.12. The molecule has 2 aromatic heterocycles. The molecule has 0 fully saturated rings. The molecule has 0 bridgehead atoms. The Kier molecular flexibility index (Phi) is 4.34. The van der Waals surface area contributed by atoms with Gasteiger partial charge in [-0.25, -0.2) is 4.98 Å². The van der Waals surface area contributed by atoms with Gasteiger partial charge in [-0.1, -0.05) is 13.8 Å². The fourth-order valence-corrected chi connectivity index (χ4v) is 1.80. The van der Waals surface area contributed by atoms with Crippen molar-refractivity contribution in [1.29, 1.82) is 0 Å². The van der Waals surface area contributed by atoms with Crippen LogP contribution in [-0.2, 0) is 13.6 Å². The van der Waals surface area contributed by atoms with E-state index in [1.54, 1.807) is 17.1 Å². The molecule has 0 aliphatic heterocycles. The van der Waals surface area contributed by atoms with Crippen molar-refractivity contribution >= 4 is 0 Å². The molecule has 0 amide bonds. The maximum Gasteiger partial charge on any atom is 0.238 e. The maximum atomic E-state index is 5.76. The van der Waals surface area contributed by atoms with Crippen molar-refractivity contribution in [2.45, 2.75) is 40.3 Å². The van der Waals surface area contributed by atoms with Crippen molar-refractivity contribution in [3.63, 3.8) is 0 Å². The number of aryl methyl sites for hydroxylation is 2. The van der Waals surface area contributed by atoms with Gasteiger partial charge in [0.2, 0.25) is 5.88 Å². The molecule has 0 spiro atoms. The Bertz CT molecular complexity index is 574. The molecule has 6 heteroatoms. The highest BCUT2D eigenvalue weighted by molar-refractivity contribution is 5.34. The molecule has 0 aromatic carbocycles. The third-order valence-corrected chi connectivity index (χ3v) is 3.02. The molecule has 0 saturated carbocycles. The second-order valence-corrected chi connectivity index (χ2v) is 5.11. The fraction of sp³-hybridized carbons (Fsp3) is 0.500. The highest BCUT2D eigenvalue weighted by atomic mass is 16.5. The number of ether oxygens (including phenoxy) is 1. The van der Waals surface area contributed by atoms with Crippen molar-refractivity contribution in [3.8, 4) is 11.6 Å². The highest BCUT2D eigenvalue weighted by Crippen LogP contribution is 2.26. The third-order valence-electron chi connectivity index (χ3n) is 3.02. The van der Waals surface area contributed by atoms with Gasteiger partial charge in [-0.2, -0.15) is 5.10 Å². The van der Waals surface area contributed by atoms with Crippen LogP contribution in [0.3, 0.4) is 0 Å². The minimum atomic E-state index is 0.424. The van der Waals surface area contributed by atoms with E-state index in [2.05, 4.69) is 34.2 Å². The van der Waals surface area contributed by atoms with Gasteiger partial charge in [0.1, 0.15) is 5.69 Å². The van der Waals surface area contributed by atoms with Crippen LogP contribution in [0.25, 0.3) is 0 Å². The molecule has 2 heterocycles. The summed E-state index contributed by atoms with van der Waals surface area (Å²) in [6.45, 7) is 8.77. The standard InChI is InChI=1S/C14H21N5O/c1-9(2)15-6-12-7-17-13(8-16-12)20-14-10(3)18-19(5)11(14)4/h7-9,15H,6H2,1-5H3. The molecular weight excluding hydrogens is 254 g/mol. The van der Waals surface area contributed by atoms with Gasteiger partial charge in [-0.3, -0.25) is 9.67 Å². The average molecular weight is 275 g/mol. The van der Waals surface area contributed by atoms with Crippen molar-refractivity contribution in [2.24, 2.45) is 7.05 Å². The summed E-state index contributed by atoms with van der Waals surface area (Å²) < 4.78 is 7.55. The molecule has 108 valence electrons. The van der Waals surface area contributed by atoms with E-state index in [4.69, 9.17) is 4.74 Å². The van der Waals surface area contributed by atoms with Crippen molar-refractivity contribution < 1.29 is 4.74 Å². The van der Waals surface area contributed by atoms with Crippen LogP contribution >= 0.6 is 0 Å². The van der Waals surface area contributed by atoms with Crippen LogP contribution < -0.4 is 10.1 Å². The first-order chi connectivity index (χ1) is 9.47. The van der Waals surface area contributed by atoms with E-state index in [0.717, 1.165) is 22.8 Å². The molecule has 2 rings (SSSR count). The van der Waals surface area contributed by atoms with Crippen LogP contribution in [-0.4, -0.2) is 25.8 Å². The van der Waals surface area contributed by atoms with Gasteiger partial charge in [0.15, 0.2) is 5.75 Å². The third kappa shape index (κ3) is 3.33. The zero-order chi connectivity index (χ0) is 14.7. The molecule has 2 aromatic rings. The lowest BCUT2D eigenvalue weighted by Gasteiger charge is -2.08. The first-order valence-corrected chi connectivity index (χ1v) is 6.69. The molecule has 0 saturated heterocycles. The first kappa shape index (κ1) is 14.5. The van der Waals surface area contributed by atoms with Crippen LogP contribution in [0.15, 0.2) is 12.4 Å². The van der Waals surface area contributed by atoms with Gasteiger partial charge >= 0.3 is 0 Å². The Hall–Kier alpha value is -1.95. The summed E-state index contributed by atoms with van der Waals surface area (Å²) in [5, 5.41) is 7.60. The molecule has 0 aliphatic rings. The van der Waals surface area contributed by atoms with Crippen LogP contribution in [0.5, 0.6) is 11.6 Å². The van der Waals surface area contributed by atoms with Gasteiger partial charge in [0.05, 0.1) is 23.8 Å². The van der Waals surface area contributed by atoms with E-state index in [0.29, 0.717) is 18.5 Å². The van der Waals surface area contributed by atoms with Crippen molar-refractivity contribution in [3.05, 3.63) is 29.5 Å². The predicted molar refractivity (Wildman–Crippen MR) is 76.8 cm³/mol. The molecule has 0 unspecified atom stereocenters. The fourth-order valence-electron chi connectivity index (χ4n) is 1.80. The topological polar surface area (TPSA) is 64.9 Å². The second kappa shape index (κ2) is 6.00. The number of nitrogens with one attached hydrogen (secondary N) is 1. The van der Waals surface area contributed by atoms with Crippen LogP contribution in [0.1, 0.15) is 30.9 Å². The zero-order valence-electron chi connectivity index (χ0n) is 12.6. The average Bonchev–Trinajstić information content (AvgIpc) is 2.64.